The van der Waals surface area contributed by atoms with Crippen LogP contribution < -0.4 is 15.4 Å². The van der Waals surface area contributed by atoms with Crippen LogP contribution in [-0.4, -0.2) is 26.0 Å². The highest BCUT2D eigenvalue weighted by Gasteiger charge is 2.05. The largest absolute Gasteiger partial charge is 0.488 e. The summed E-state index contributed by atoms with van der Waals surface area (Å²) in [5, 5.41) is 6.44. The molecule has 1 aromatic carbocycles. The third-order valence-corrected chi connectivity index (χ3v) is 4.18. The SMILES string of the molecule is CN=C(NCc1cccc(OCC(F)F)c1)NCc1ccc(C)s1. The summed E-state index contributed by atoms with van der Waals surface area (Å²) in [6.07, 6.45) is -2.48. The van der Waals surface area contributed by atoms with Crippen LogP contribution in [0.1, 0.15) is 15.3 Å². The number of thiophene rings is 1. The standard InChI is InChI=1S/C17H21F2N3OS/c1-12-6-7-15(24-12)10-22-17(20-2)21-9-13-4-3-5-14(8-13)23-11-16(18)19/h3-8,16H,9-11H2,1-2H3,(H2,20,21,22). The van der Waals surface area contributed by atoms with Crippen molar-refractivity contribution in [3.63, 3.8) is 0 Å². The number of guanidine groups is 1. The van der Waals surface area contributed by atoms with Gasteiger partial charge in [-0.15, -0.1) is 11.3 Å². The molecule has 2 aromatic rings. The van der Waals surface area contributed by atoms with Crippen molar-refractivity contribution < 1.29 is 13.5 Å². The van der Waals surface area contributed by atoms with E-state index < -0.39 is 13.0 Å². The van der Waals surface area contributed by atoms with E-state index in [1.807, 2.05) is 6.07 Å². The number of hydrogen-bond donors (Lipinski definition) is 2. The van der Waals surface area contributed by atoms with E-state index in [0.29, 0.717) is 24.8 Å². The number of aryl methyl sites for hydroxylation is 1. The topological polar surface area (TPSA) is 45.7 Å². The van der Waals surface area contributed by atoms with Gasteiger partial charge in [0.05, 0.1) is 6.54 Å². The fourth-order valence-electron chi connectivity index (χ4n) is 2.06. The molecular formula is C17H21F2N3OS. The molecule has 0 spiro atoms. The van der Waals surface area contributed by atoms with Gasteiger partial charge in [0.15, 0.2) is 5.96 Å². The monoisotopic (exact) mass is 353 g/mol. The van der Waals surface area contributed by atoms with E-state index >= 15 is 0 Å². The first kappa shape index (κ1) is 18.2. The molecule has 0 atom stereocenters. The van der Waals surface area contributed by atoms with Crippen LogP contribution in [0.2, 0.25) is 0 Å². The van der Waals surface area contributed by atoms with E-state index in [2.05, 4.69) is 34.7 Å². The summed E-state index contributed by atoms with van der Waals surface area (Å²) in [5.74, 6) is 1.12. The summed E-state index contributed by atoms with van der Waals surface area (Å²) in [4.78, 5) is 6.68. The maximum Gasteiger partial charge on any atom is 0.272 e. The smallest absolute Gasteiger partial charge is 0.272 e. The van der Waals surface area contributed by atoms with Gasteiger partial charge in [0, 0.05) is 23.3 Å². The minimum absolute atomic E-state index is 0.437. The fourth-order valence-corrected chi connectivity index (χ4v) is 2.89. The predicted molar refractivity (Wildman–Crippen MR) is 94.0 cm³/mol. The zero-order valence-electron chi connectivity index (χ0n) is 13.7. The second kappa shape index (κ2) is 9.22. The Bertz CT molecular complexity index is 673. The van der Waals surface area contributed by atoms with Crippen molar-refractivity contribution in [2.75, 3.05) is 13.7 Å². The predicted octanol–water partition coefficient (Wildman–Crippen LogP) is 3.57. The van der Waals surface area contributed by atoms with Crippen LogP contribution in [0, 0.1) is 6.92 Å². The van der Waals surface area contributed by atoms with Crippen molar-refractivity contribution in [3.8, 4) is 5.75 Å². The van der Waals surface area contributed by atoms with Crippen LogP contribution in [-0.2, 0) is 13.1 Å². The lowest BCUT2D eigenvalue weighted by Crippen LogP contribution is -2.36. The van der Waals surface area contributed by atoms with Crippen molar-refractivity contribution in [3.05, 3.63) is 51.7 Å². The normalized spacial score (nSPS) is 11.6. The highest BCUT2D eigenvalue weighted by atomic mass is 32.1. The molecule has 0 aliphatic carbocycles. The van der Waals surface area contributed by atoms with Crippen LogP contribution in [0.4, 0.5) is 8.78 Å². The lowest BCUT2D eigenvalue weighted by atomic mass is 10.2. The molecule has 0 saturated heterocycles. The van der Waals surface area contributed by atoms with Gasteiger partial charge < -0.3 is 15.4 Å². The van der Waals surface area contributed by atoms with Gasteiger partial charge in [0.2, 0.25) is 0 Å². The number of alkyl halides is 2. The van der Waals surface area contributed by atoms with E-state index in [4.69, 9.17) is 4.74 Å². The Hall–Kier alpha value is -2.15. The molecule has 0 saturated carbocycles. The van der Waals surface area contributed by atoms with E-state index in [-0.39, 0.29) is 0 Å². The Morgan fingerprint density at radius 2 is 2.00 bits per heavy atom. The first-order chi connectivity index (χ1) is 11.6. The molecule has 2 N–H and O–H groups in total. The number of halogens is 2. The lowest BCUT2D eigenvalue weighted by Gasteiger charge is -2.12. The summed E-state index contributed by atoms with van der Waals surface area (Å²) >= 11 is 1.74. The lowest BCUT2D eigenvalue weighted by molar-refractivity contribution is 0.0818. The zero-order chi connectivity index (χ0) is 17.4. The van der Waals surface area contributed by atoms with Gasteiger partial charge in [-0.3, -0.25) is 4.99 Å². The molecule has 0 radical (unpaired) electrons. The summed E-state index contributed by atoms with van der Waals surface area (Å²) < 4.78 is 29.4. The number of benzene rings is 1. The highest BCUT2D eigenvalue weighted by molar-refractivity contribution is 7.11. The van der Waals surface area contributed by atoms with Crippen LogP contribution in [0.15, 0.2) is 41.4 Å². The second-order valence-corrected chi connectivity index (χ2v) is 6.51. The van der Waals surface area contributed by atoms with Gasteiger partial charge in [-0.2, -0.15) is 0 Å². The zero-order valence-corrected chi connectivity index (χ0v) is 14.5. The van der Waals surface area contributed by atoms with Gasteiger partial charge in [0.1, 0.15) is 12.4 Å². The fraction of sp³-hybridized carbons (Fsp3) is 0.353. The molecule has 130 valence electrons. The van der Waals surface area contributed by atoms with E-state index in [0.717, 1.165) is 5.56 Å². The average molecular weight is 353 g/mol. The molecule has 24 heavy (non-hydrogen) atoms. The molecule has 0 aliphatic heterocycles. The van der Waals surface area contributed by atoms with Crippen molar-refractivity contribution in [2.45, 2.75) is 26.4 Å². The summed E-state index contributed by atoms with van der Waals surface area (Å²) in [6.45, 7) is 2.70. The molecule has 7 heteroatoms. The number of rotatable bonds is 7. The van der Waals surface area contributed by atoms with Gasteiger partial charge in [-0.25, -0.2) is 8.78 Å². The number of nitrogens with zero attached hydrogens (tertiary/aromatic N) is 1. The van der Waals surface area contributed by atoms with Gasteiger partial charge in [-0.1, -0.05) is 12.1 Å². The quantitative estimate of drug-likeness (QED) is 0.591. The highest BCUT2D eigenvalue weighted by Crippen LogP contribution is 2.15. The Kier molecular flexibility index (Phi) is 6.99. The maximum absolute atomic E-state index is 12.2. The van der Waals surface area contributed by atoms with Crippen LogP contribution in [0.5, 0.6) is 5.75 Å². The minimum Gasteiger partial charge on any atom is -0.488 e. The molecule has 1 aromatic heterocycles. The molecule has 0 fully saturated rings. The third kappa shape index (κ3) is 6.16. The second-order valence-electron chi connectivity index (χ2n) is 5.14. The van der Waals surface area contributed by atoms with Gasteiger partial charge in [-0.05, 0) is 36.8 Å². The van der Waals surface area contributed by atoms with Crippen molar-refractivity contribution >= 4 is 17.3 Å². The van der Waals surface area contributed by atoms with Gasteiger partial charge >= 0.3 is 0 Å². The number of aliphatic imine (C=N–C) groups is 1. The Morgan fingerprint density at radius 3 is 2.67 bits per heavy atom. The number of nitrogens with one attached hydrogen (secondary N) is 2. The molecular weight excluding hydrogens is 332 g/mol. The molecule has 4 nitrogen and oxygen atoms in total. The summed E-state index contributed by atoms with van der Waals surface area (Å²) in [5.41, 5.74) is 0.927. The minimum atomic E-state index is -2.48. The molecule has 2 rings (SSSR count). The molecule has 0 aliphatic rings. The van der Waals surface area contributed by atoms with Crippen molar-refractivity contribution in [1.29, 1.82) is 0 Å². The number of hydrogen-bond acceptors (Lipinski definition) is 3. The van der Waals surface area contributed by atoms with Crippen LogP contribution in [0.25, 0.3) is 0 Å². The first-order valence-corrected chi connectivity index (χ1v) is 8.38. The van der Waals surface area contributed by atoms with E-state index in [9.17, 15) is 8.78 Å². The summed E-state index contributed by atoms with van der Waals surface area (Å²) in [6, 6.07) is 11.3. The molecule has 0 amide bonds. The van der Waals surface area contributed by atoms with E-state index in [1.165, 1.54) is 9.75 Å². The van der Waals surface area contributed by atoms with Crippen molar-refractivity contribution in [2.24, 2.45) is 4.99 Å². The maximum atomic E-state index is 12.2. The molecule has 0 unspecified atom stereocenters. The summed E-state index contributed by atoms with van der Waals surface area (Å²) in [7, 11) is 1.71. The third-order valence-electron chi connectivity index (χ3n) is 3.18. The average Bonchev–Trinajstić information content (AvgIpc) is 2.99. The van der Waals surface area contributed by atoms with Crippen LogP contribution in [0.3, 0.4) is 0 Å². The first-order valence-electron chi connectivity index (χ1n) is 7.56. The Balaban J connectivity index is 1.83. The van der Waals surface area contributed by atoms with E-state index in [1.54, 1.807) is 36.6 Å². The Labute approximate surface area is 144 Å². The van der Waals surface area contributed by atoms with Gasteiger partial charge in [0.25, 0.3) is 6.43 Å². The van der Waals surface area contributed by atoms with Crippen molar-refractivity contribution in [1.82, 2.24) is 10.6 Å². The number of ether oxygens (including phenoxy) is 1. The molecule has 1 heterocycles. The molecule has 0 bridgehead atoms. The Morgan fingerprint density at radius 1 is 1.21 bits per heavy atom. The van der Waals surface area contributed by atoms with Crippen LogP contribution >= 0.6 is 11.3 Å².